The molecule has 4 aromatic heterocycles. The Balaban J connectivity index is 1.29. The fraction of sp³-hybridized carbons (Fsp3) is 0.333. The summed E-state index contributed by atoms with van der Waals surface area (Å²) in [5, 5.41) is 17.3. The highest BCUT2D eigenvalue weighted by Gasteiger charge is 2.41. The minimum atomic E-state index is -4.63. The number of aryl methyl sites for hydroxylation is 1. The number of piperazine rings is 1. The van der Waals surface area contributed by atoms with E-state index in [1.165, 1.54) is 24.5 Å². The summed E-state index contributed by atoms with van der Waals surface area (Å²) in [7, 11) is 1.45. The van der Waals surface area contributed by atoms with E-state index in [0.29, 0.717) is 11.3 Å². The number of nitrogens with one attached hydrogen (secondary N) is 1. The van der Waals surface area contributed by atoms with Gasteiger partial charge in [0.05, 0.1) is 34.8 Å². The van der Waals surface area contributed by atoms with Gasteiger partial charge >= 0.3 is 6.18 Å². The van der Waals surface area contributed by atoms with Crippen LogP contribution in [0, 0.1) is 6.92 Å². The molecule has 0 aliphatic carbocycles. The first kappa shape index (κ1) is 34.7. The highest BCUT2D eigenvalue weighted by atomic mass is 35.5. The average Bonchev–Trinajstić information content (AvgIpc) is 3.72. The lowest BCUT2D eigenvalue weighted by Gasteiger charge is -2.36. The van der Waals surface area contributed by atoms with E-state index in [1.807, 2.05) is 11.8 Å². The van der Waals surface area contributed by atoms with E-state index in [0.717, 1.165) is 22.7 Å². The van der Waals surface area contributed by atoms with Crippen molar-refractivity contribution < 1.29 is 32.6 Å². The Morgan fingerprint density at radius 1 is 1.08 bits per heavy atom. The highest BCUT2D eigenvalue weighted by Crippen LogP contribution is 2.42. The van der Waals surface area contributed by atoms with Gasteiger partial charge in [-0.05, 0) is 37.6 Å². The summed E-state index contributed by atoms with van der Waals surface area (Å²) in [6.07, 6.45) is -1.71. The number of fused-ring (bicyclic) bond motifs is 3. The Kier molecular flexibility index (Phi) is 8.72. The van der Waals surface area contributed by atoms with Crippen LogP contribution < -0.4 is 20.5 Å². The summed E-state index contributed by atoms with van der Waals surface area (Å²) in [6.45, 7) is 4.22. The molecule has 15 nitrogen and oxygen atoms in total. The Labute approximate surface area is 297 Å². The summed E-state index contributed by atoms with van der Waals surface area (Å²) >= 11 is 6.18. The molecule has 0 spiro atoms. The number of nitrogens with zero attached hydrogens (tertiary/aromatic N) is 9. The Morgan fingerprint density at radius 2 is 1.83 bits per heavy atom. The Hall–Kier alpha value is -5.78. The van der Waals surface area contributed by atoms with Gasteiger partial charge in [0.15, 0.2) is 17.3 Å². The smallest absolute Gasteiger partial charge is 0.416 e. The van der Waals surface area contributed by atoms with Gasteiger partial charge in [-0.1, -0.05) is 18.5 Å². The molecule has 1 aromatic carbocycles. The first-order valence-electron chi connectivity index (χ1n) is 16.0. The molecule has 0 bridgehead atoms. The topological polar surface area (TPSA) is 173 Å². The number of rotatable bonds is 6. The maximum Gasteiger partial charge on any atom is 0.416 e. The third kappa shape index (κ3) is 6.01. The Bertz CT molecular complexity index is 2300. The lowest BCUT2D eigenvalue weighted by Crippen LogP contribution is -2.51. The number of hydrogen-bond acceptors (Lipinski definition) is 11. The fourth-order valence-corrected chi connectivity index (χ4v) is 6.80. The van der Waals surface area contributed by atoms with E-state index in [4.69, 9.17) is 16.3 Å². The van der Waals surface area contributed by atoms with Gasteiger partial charge in [-0.15, -0.1) is 5.10 Å². The van der Waals surface area contributed by atoms with Gasteiger partial charge in [0.1, 0.15) is 18.1 Å². The van der Waals surface area contributed by atoms with E-state index < -0.39 is 35.2 Å². The van der Waals surface area contributed by atoms with Crippen LogP contribution >= 0.6 is 11.6 Å². The maximum absolute atomic E-state index is 14.4. The van der Waals surface area contributed by atoms with Crippen molar-refractivity contribution in [3.8, 4) is 23.0 Å². The number of amides is 2. The first-order chi connectivity index (χ1) is 24.8. The number of hydrogen-bond donors (Lipinski definition) is 2. The fourth-order valence-electron chi connectivity index (χ4n) is 6.58. The third-order valence-corrected chi connectivity index (χ3v) is 9.52. The predicted molar refractivity (Wildman–Crippen MR) is 181 cm³/mol. The number of pyridine rings is 1. The molecule has 19 heteroatoms. The molecule has 6 heterocycles. The summed E-state index contributed by atoms with van der Waals surface area (Å²) in [4.78, 5) is 61.6. The monoisotopic (exact) mass is 738 g/mol. The van der Waals surface area contributed by atoms with Crippen LogP contribution in [-0.4, -0.2) is 89.2 Å². The van der Waals surface area contributed by atoms with E-state index in [9.17, 15) is 32.7 Å². The molecule has 0 unspecified atom stereocenters. The van der Waals surface area contributed by atoms with Crippen molar-refractivity contribution in [2.75, 3.05) is 43.5 Å². The SMILES string of the molecule is COc1cc(-c2nc3n4c(c(N5CCN(C(=O)c6ncnc(C)c6O)CC5)c(=O)n3n2)[C@H](C)C[C@@H]4C(=O)Nc2ccc(C(F)(F)F)cc2Cl)ccn1. The van der Waals surface area contributed by atoms with Crippen LogP contribution in [-0.2, 0) is 11.0 Å². The van der Waals surface area contributed by atoms with Crippen LogP contribution in [0.1, 0.15) is 52.7 Å². The number of halogens is 4. The summed E-state index contributed by atoms with van der Waals surface area (Å²) in [5.74, 6) is -1.23. The maximum atomic E-state index is 14.4. The van der Waals surface area contributed by atoms with Crippen molar-refractivity contribution in [3.63, 3.8) is 0 Å². The molecular weight excluding hydrogens is 709 g/mol. The van der Waals surface area contributed by atoms with Gasteiger partial charge in [0, 0.05) is 49.9 Å². The zero-order valence-electron chi connectivity index (χ0n) is 27.8. The number of carbonyl (C=O) groups is 2. The quantitative estimate of drug-likeness (QED) is 0.257. The van der Waals surface area contributed by atoms with Gasteiger partial charge in [0.2, 0.25) is 17.6 Å². The Morgan fingerprint density at radius 3 is 2.52 bits per heavy atom. The molecule has 0 saturated carbocycles. The predicted octanol–water partition coefficient (Wildman–Crippen LogP) is 4.09. The van der Waals surface area contributed by atoms with Crippen molar-refractivity contribution in [1.29, 1.82) is 0 Å². The number of methoxy groups -OCH3 is 1. The normalized spacial score (nSPS) is 17.4. The zero-order chi connectivity index (χ0) is 37.1. The molecule has 7 rings (SSSR count). The summed E-state index contributed by atoms with van der Waals surface area (Å²) < 4.78 is 47.8. The number of carbonyl (C=O) groups excluding carboxylic acids is 2. The van der Waals surface area contributed by atoms with Gasteiger partial charge in [0.25, 0.3) is 11.5 Å². The number of aromatic nitrogens is 7. The van der Waals surface area contributed by atoms with E-state index in [-0.39, 0.29) is 89.5 Å². The number of aromatic hydroxyl groups is 1. The average molecular weight is 739 g/mol. The molecule has 52 heavy (non-hydrogen) atoms. The molecule has 2 aliphatic rings. The second-order valence-electron chi connectivity index (χ2n) is 12.4. The van der Waals surface area contributed by atoms with Crippen molar-refractivity contribution in [3.05, 3.63) is 80.9 Å². The van der Waals surface area contributed by atoms with Crippen LogP contribution in [0.15, 0.2) is 47.7 Å². The summed E-state index contributed by atoms with van der Waals surface area (Å²) in [6, 6.07) is 4.91. The molecule has 2 N–H and O–H groups in total. The van der Waals surface area contributed by atoms with Crippen LogP contribution in [0.4, 0.5) is 24.5 Å². The third-order valence-electron chi connectivity index (χ3n) is 9.21. The minimum absolute atomic E-state index is 0.0187. The second kappa shape index (κ2) is 13.1. The lowest BCUT2D eigenvalue weighted by molar-refractivity contribution is -0.137. The number of ether oxygens (including phenoxy) is 1. The number of anilines is 2. The first-order valence-corrected chi connectivity index (χ1v) is 16.4. The molecule has 2 aliphatic heterocycles. The molecule has 2 amide bonds. The van der Waals surface area contributed by atoms with Gasteiger partial charge in [-0.2, -0.15) is 22.7 Å². The van der Waals surface area contributed by atoms with Crippen molar-refractivity contribution in [1.82, 2.24) is 39.0 Å². The molecule has 2 atom stereocenters. The van der Waals surface area contributed by atoms with Crippen molar-refractivity contribution in [2.24, 2.45) is 0 Å². The van der Waals surface area contributed by atoms with Crippen LogP contribution in [0.25, 0.3) is 17.2 Å². The van der Waals surface area contributed by atoms with E-state index >= 15 is 0 Å². The molecule has 1 fully saturated rings. The number of benzene rings is 1. The van der Waals surface area contributed by atoms with Crippen molar-refractivity contribution in [2.45, 2.75) is 38.4 Å². The van der Waals surface area contributed by atoms with Gasteiger partial charge in [-0.3, -0.25) is 19.0 Å². The van der Waals surface area contributed by atoms with Crippen LogP contribution in [0.5, 0.6) is 11.6 Å². The van der Waals surface area contributed by atoms with Crippen LogP contribution in [0.3, 0.4) is 0 Å². The molecule has 0 radical (unpaired) electrons. The highest BCUT2D eigenvalue weighted by molar-refractivity contribution is 6.33. The minimum Gasteiger partial charge on any atom is -0.504 e. The molecule has 5 aromatic rings. The van der Waals surface area contributed by atoms with Crippen LogP contribution in [0.2, 0.25) is 5.02 Å². The van der Waals surface area contributed by atoms with Gasteiger partial charge < -0.3 is 25.0 Å². The summed E-state index contributed by atoms with van der Waals surface area (Å²) in [5.41, 5.74) is -0.0799. The standard InChI is InChI=1S/C33H30ClF3N10O5/c1-16-12-22(29(49)41-21-5-4-19(14-20(21)34)33(35,36)37)46-25(16)26(31(51)47-32(46)42-28(43-47)18-6-7-38-23(13-18)52-3)44-8-10-45(11-9-44)30(50)24-27(48)17(2)39-15-40-24/h4-7,13-16,22,48H,8-12H2,1-3H3,(H,41,49)/t16-,22-/m1/s1. The second-order valence-corrected chi connectivity index (χ2v) is 12.8. The lowest BCUT2D eigenvalue weighted by atomic mass is 10.0. The van der Waals surface area contributed by atoms with E-state index in [1.54, 1.807) is 23.6 Å². The molecule has 1 saturated heterocycles. The van der Waals surface area contributed by atoms with Crippen molar-refractivity contribution >= 4 is 40.6 Å². The van der Waals surface area contributed by atoms with E-state index in [2.05, 4.69) is 30.4 Å². The molecular formula is C33H30ClF3N10O5. The largest absolute Gasteiger partial charge is 0.504 e. The van der Waals surface area contributed by atoms with Gasteiger partial charge in [-0.25, -0.2) is 15.0 Å². The zero-order valence-corrected chi connectivity index (χ0v) is 28.6. The number of alkyl halides is 3. The molecule has 270 valence electrons.